The van der Waals surface area contributed by atoms with E-state index < -0.39 is 5.41 Å². The third kappa shape index (κ3) is 4.99. The molecular weight excluding hydrogens is 354 g/mol. The molecule has 1 saturated carbocycles. The number of carbonyl (C=O) groups is 4. The number of thioether (sulfide) groups is 1. The molecule has 1 atom stereocenters. The topological polar surface area (TPSA) is 95.6 Å². The number of amides is 4. The first-order chi connectivity index (χ1) is 12.2. The highest BCUT2D eigenvalue weighted by atomic mass is 32.2. The summed E-state index contributed by atoms with van der Waals surface area (Å²) in [6.45, 7) is 6.13. The van der Waals surface area contributed by atoms with Gasteiger partial charge in [-0.15, -0.1) is 11.8 Å². The molecule has 0 aromatic heterocycles. The van der Waals surface area contributed by atoms with E-state index in [1.165, 1.54) is 23.1 Å². The average Bonchev–Trinajstić information content (AvgIpc) is 2.75. The largest absolute Gasteiger partial charge is 0.354 e. The van der Waals surface area contributed by atoms with E-state index in [4.69, 9.17) is 0 Å². The van der Waals surface area contributed by atoms with E-state index in [9.17, 15) is 19.2 Å². The number of hydrogen-bond acceptors (Lipinski definition) is 5. The van der Waals surface area contributed by atoms with Crippen LogP contribution in [-0.2, 0) is 19.2 Å². The molecule has 1 saturated heterocycles. The van der Waals surface area contributed by atoms with Crippen LogP contribution in [0.4, 0.5) is 0 Å². The fraction of sp³-hybridized carbons (Fsp3) is 0.778. The smallest absolute Gasteiger partial charge is 0.235 e. The first-order valence-electron chi connectivity index (χ1n) is 9.22. The molecule has 146 valence electrons. The van der Waals surface area contributed by atoms with Crippen LogP contribution in [0.15, 0.2) is 0 Å². The summed E-state index contributed by atoms with van der Waals surface area (Å²) in [6.07, 6.45) is 3.48. The van der Waals surface area contributed by atoms with E-state index in [0.717, 1.165) is 12.8 Å². The standard InChI is InChI=1S/C18H29N3O4S/c1-12(2)18(3)9-16(24)21(17(18)25)8-7-19-14(22)10-26-11-15(23)20-13-5-4-6-13/h12-13H,4-11H2,1-3H3,(H,19,22)(H,20,23). The number of hydrogen-bond donors (Lipinski definition) is 2. The molecule has 1 aliphatic carbocycles. The maximum absolute atomic E-state index is 12.5. The Morgan fingerprint density at radius 1 is 1.23 bits per heavy atom. The molecule has 2 N–H and O–H groups in total. The lowest BCUT2D eigenvalue weighted by Crippen LogP contribution is -2.42. The lowest BCUT2D eigenvalue weighted by molar-refractivity contribution is -0.142. The number of nitrogens with one attached hydrogen (secondary N) is 2. The normalized spacial score (nSPS) is 23.3. The van der Waals surface area contributed by atoms with Crippen LogP contribution in [0.25, 0.3) is 0 Å². The van der Waals surface area contributed by atoms with Crippen molar-refractivity contribution in [2.75, 3.05) is 24.6 Å². The van der Waals surface area contributed by atoms with Gasteiger partial charge in [0.15, 0.2) is 0 Å². The Hall–Kier alpha value is -1.57. The molecule has 0 radical (unpaired) electrons. The minimum atomic E-state index is -0.648. The minimum absolute atomic E-state index is 0.0336. The number of likely N-dealkylation sites (tertiary alicyclic amines) is 1. The molecule has 2 aliphatic rings. The molecule has 7 nitrogen and oxygen atoms in total. The lowest BCUT2D eigenvalue weighted by atomic mass is 9.78. The van der Waals surface area contributed by atoms with Gasteiger partial charge in [-0.2, -0.15) is 0 Å². The molecule has 2 fully saturated rings. The van der Waals surface area contributed by atoms with Gasteiger partial charge in [-0.1, -0.05) is 13.8 Å². The van der Waals surface area contributed by atoms with E-state index in [1.54, 1.807) is 0 Å². The van der Waals surface area contributed by atoms with E-state index in [2.05, 4.69) is 10.6 Å². The molecule has 4 amide bonds. The maximum Gasteiger partial charge on any atom is 0.235 e. The SMILES string of the molecule is CC(C)C1(C)CC(=O)N(CCNC(=O)CSCC(=O)NC2CCC2)C1=O. The molecule has 0 aromatic carbocycles. The number of rotatable bonds is 9. The molecule has 1 aliphatic heterocycles. The van der Waals surface area contributed by atoms with Gasteiger partial charge in [-0.25, -0.2) is 0 Å². The molecular formula is C18H29N3O4S. The molecule has 0 aromatic rings. The summed E-state index contributed by atoms with van der Waals surface area (Å²) in [5, 5.41) is 5.63. The van der Waals surface area contributed by atoms with Crippen LogP contribution in [-0.4, -0.2) is 59.2 Å². The summed E-state index contributed by atoms with van der Waals surface area (Å²) in [6, 6.07) is 0.309. The van der Waals surface area contributed by atoms with Crippen LogP contribution in [0.3, 0.4) is 0 Å². The van der Waals surface area contributed by atoms with Gasteiger partial charge < -0.3 is 10.6 Å². The summed E-state index contributed by atoms with van der Waals surface area (Å²) in [5.41, 5.74) is -0.648. The van der Waals surface area contributed by atoms with Gasteiger partial charge in [0, 0.05) is 25.6 Å². The van der Waals surface area contributed by atoms with Gasteiger partial charge in [0.05, 0.1) is 16.9 Å². The van der Waals surface area contributed by atoms with E-state index in [1.807, 2.05) is 20.8 Å². The van der Waals surface area contributed by atoms with Crippen LogP contribution in [0.1, 0.15) is 46.5 Å². The summed E-state index contributed by atoms with van der Waals surface area (Å²) >= 11 is 1.26. The summed E-state index contributed by atoms with van der Waals surface area (Å²) in [5.74, 6) is -0.0353. The van der Waals surface area contributed by atoms with Crippen LogP contribution < -0.4 is 10.6 Å². The molecule has 1 unspecified atom stereocenters. The van der Waals surface area contributed by atoms with E-state index in [-0.39, 0.29) is 60.6 Å². The highest BCUT2D eigenvalue weighted by molar-refractivity contribution is 8.00. The highest BCUT2D eigenvalue weighted by Gasteiger charge is 2.49. The Balaban J connectivity index is 1.63. The van der Waals surface area contributed by atoms with Gasteiger partial charge in [-0.3, -0.25) is 24.1 Å². The van der Waals surface area contributed by atoms with Crippen LogP contribution >= 0.6 is 11.8 Å². The second kappa shape index (κ2) is 8.88. The molecule has 8 heteroatoms. The van der Waals surface area contributed by atoms with Crippen molar-refractivity contribution in [3.8, 4) is 0 Å². The van der Waals surface area contributed by atoms with Crippen LogP contribution in [0.2, 0.25) is 0 Å². The predicted molar refractivity (Wildman–Crippen MR) is 100 cm³/mol. The van der Waals surface area contributed by atoms with Crippen molar-refractivity contribution in [2.45, 2.75) is 52.5 Å². The monoisotopic (exact) mass is 383 g/mol. The number of imide groups is 1. The quantitative estimate of drug-likeness (QED) is 0.578. The second-order valence-electron chi connectivity index (χ2n) is 7.64. The third-order valence-corrected chi connectivity index (χ3v) is 6.35. The van der Waals surface area contributed by atoms with Crippen molar-refractivity contribution in [3.05, 3.63) is 0 Å². The summed E-state index contributed by atoms with van der Waals surface area (Å²) in [7, 11) is 0. The molecule has 1 heterocycles. The molecule has 26 heavy (non-hydrogen) atoms. The van der Waals surface area contributed by atoms with E-state index in [0.29, 0.717) is 6.04 Å². The minimum Gasteiger partial charge on any atom is -0.354 e. The predicted octanol–water partition coefficient (Wildman–Crippen LogP) is 0.926. The Kier molecular flexibility index (Phi) is 7.08. The highest BCUT2D eigenvalue weighted by Crippen LogP contribution is 2.38. The lowest BCUT2D eigenvalue weighted by Gasteiger charge is -2.26. The Morgan fingerprint density at radius 3 is 2.42 bits per heavy atom. The van der Waals surface area contributed by atoms with Crippen molar-refractivity contribution in [3.63, 3.8) is 0 Å². The Bertz CT molecular complexity index is 577. The third-order valence-electron chi connectivity index (χ3n) is 5.42. The van der Waals surface area contributed by atoms with Crippen molar-refractivity contribution in [1.29, 1.82) is 0 Å². The fourth-order valence-corrected chi connectivity index (χ4v) is 3.66. The average molecular weight is 384 g/mol. The second-order valence-corrected chi connectivity index (χ2v) is 8.62. The van der Waals surface area contributed by atoms with Crippen LogP contribution in [0.5, 0.6) is 0 Å². The first kappa shape index (κ1) is 20.7. The summed E-state index contributed by atoms with van der Waals surface area (Å²) < 4.78 is 0. The van der Waals surface area contributed by atoms with Gasteiger partial charge in [0.25, 0.3) is 0 Å². The van der Waals surface area contributed by atoms with Crippen LogP contribution in [0, 0.1) is 11.3 Å². The van der Waals surface area contributed by atoms with Gasteiger partial charge >= 0.3 is 0 Å². The zero-order chi connectivity index (χ0) is 19.3. The fourth-order valence-electron chi connectivity index (χ4n) is 3.00. The summed E-state index contributed by atoms with van der Waals surface area (Å²) in [4.78, 5) is 49.3. The number of nitrogens with zero attached hydrogens (tertiary/aromatic N) is 1. The molecule has 0 spiro atoms. The zero-order valence-electron chi connectivity index (χ0n) is 15.8. The van der Waals surface area contributed by atoms with Crippen molar-refractivity contribution in [1.82, 2.24) is 15.5 Å². The Labute approximate surface area is 159 Å². The molecule has 2 rings (SSSR count). The maximum atomic E-state index is 12.5. The Morgan fingerprint density at radius 2 is 1.88 bits per heavy atom. The van der Waals surface area contributed by atoms with Gasteiger partial charge in [0.1, 0.15) is 0 Å². The molecule has 0 bridgehead atoms. The number of carbonyl (C=O) groups excluding carboxylic acids is 4. The zero-order valence-corrected chi connectivity index (χ0v) is 16.6. The van der Waals surface area contributed by atoms with Gasteiger partial charge in [0.2, 0.25) is 23.6 Å². The first-order valence-corrected chi connectivity index (χ1v) is 10.4. The van der Waals surface area contributed by atoms with Crippen molar-refractivity contribution >= 4 is 35.4 Å². The van der Waals surface area contributed by atoms with Crippen molar-refractivity contribution in [2.24, 2.45) is 11.3 Å². The van der Waals surface area contributed by atoms with E-state index >= 15 is 0 Å². The van der Waals surface area contributed by atoms with Gasteiger partial charge in [-0.05, 0) is 32.1 Å². The van der Waals surface area contributed by atoms with Crippen molar-refractivity contribution < 1.29 is 19.2 Å².